The van der Waals surface area contributed by atoms with E-state index in [1.54, 1.807) is 41.3 Å². The molecule has 0 saturated carbocycles. The molecule has 2 aromatic carbocycles. The summed E-state index contributed by atoms with van der Waals surface area (Å²) in [6.07, 6.45) is 0.389. The number of ketones is 1. The summed E-state index contributed by atoms with van der Waals surface area (Å²) in [7, 11) is 0. The number of hydrogen-bond donors (Lipinski definition) is 1. The smallest absolute Gasteiger partial charge is 0.262 e. The summed E-state index contributed by atoms with van der Waals surface area (Å²) < 4.78 is 5.63. The maximum absolute atomic E-state index is 12.3. The van der Waals surface area contributed by atoms with Crippen molar-refractivity contribution >= 4 is 34.9 Å². The molecule has 2 amide bonds. The van der Waals surface area contributed by atoms with Gasteiger partial charge in [0, 0.05) is 35.8 Å². The fourth-order valence-corrected chi connectivity index (χ4v) is 4.02. The van der Waals surface area contributed by atoms with Crippen LogP contribution in [0.5, 0.6) is 5.75 Å². The predicted molar refractivity (Wildman–Crippen MR) is 117 cm³/mol. The maximum atomic E-state index is 12.3. The number of rotatable bonds is 7. The SMILES string of the molecule is CCN(CC)C(=O)c1ccc(NC(=O)COc2ccc(Cl)c3c2C(=O)CC3C)cc1. The molecule has 158 valence electrons. The summed E-state index contributed by atoms with van der Waals surface area (Å²) in [6, 6.07) is 10.0. The van der Waals surface area contributed by atoms with Crippen molar-refractivity contribution in [2.75, 3.05) is 25.0 Å². The Morgan fingerprint density at radius 1 is 1.13 bits per heavy atom. The van der Waals surface area contributed by atoms with E-state index in [-0.39, 0.29) is 30.1 Å². The Balaban J connectivity index is 1.62. The third-order valence-corrected chi connectivity index (χ3v) is 5.57. The number of nitrogens with one attached hydrogen (secondary N) is 1. The van der Waals surface area contributed by atoms with Gasteiger partial charge < -0.3 is 15.0 Å². The monoisotopic (exact) mass is 428 g/mol. The molecular formula is C23H25ClN2O4. The summed E-state index contributed by atoms with van der Waals surface area (Å²) in [6.45, 7) is 6.85. The Labute approximate surface area is 181 Å². The van der Waals surface area contributed by atoms with Gasteiger partial charge in [-0.15, -0.1) is 0 Å². The molecule has 0 saturated heterocycles. The van der Waals surface area contributed by atoms with E-state index < -0.39 is 0 Å². The summed E-state index contributed by atoms with van der Waals surface area (Å²) in [5.41, 5.74) is 2.39. The van der Waals surface area contributed by atoms with Crippen molar-refractivity contribution in [2.24, 2.45) is 0 Å². The number of benzene rings is 2. The van der Waals surface area contributed by atoms with E-state index in [2.05, 4.69) is 5.32 Å². The van der Waals surface area contributed by atoms with Gasteiger partial charge in [-0.3, -0.25) is 14.4 Å². The summed E-state index contributed by atoms with van der Waals surface area (Å²) in [5, 5.41) is 3.28. The van der Waals surface area contributed by atoms with E-state index in [0.717, 1.165) is 5.56 Å². The Bertz CT molecular complexity index is 968. The molecule has 1 aliphatic rings. The number of halogens is 1. The summed E-state index contributed by atoms with van der Waals surface area (Å²) in [4.78, 5) is 38.7. The fraction of sp³-hybridized carbons (Fsp3) is 0.348. The van der Waals surface area contributed by atoms with Gasteiger partial charge in [-0.1, -0.05) is 18.5 Å². The van der Waals surface area contributed by atoms with Crippen molar-refractivity contribution in [3.05, 3.63) is 58.1 Å². The van der Waals surface area contributed by atoms with E-state index in [1.807, 2.05) is 20.8 Å². The van der Waals surface area contributed by atoms with Crippen molar-refractivity contribution in [1.82, 2.24) is 4.90 Å². The van der Waals surface area contributed by atoms with Crippen LogP contribution in [-0.4, -0.2) is 42.2 Å². The molecule has 0 fully saturated rings. The van der Waals surface area contributed by atoms with Crippen molar-refractivity contribution < 1.29 is 19.1 Å². The lowest BCUT2D eigenvalue weighted by Crippen LogP contribution is -2.30. The number of amides is 2. The zero-order chi connectivity index (χ0) is 21.8. The van der Waals surface area contributed by atoms with Gasteiger partial charge in [0.05, 0.1) is 5.56 Å². The molecule has 0 aliphatic heterocycles. The van der Waals surface area contributed by atoms with E-state index in [4.69, 9.17) is 16.3 Å². The minimum Gasteiger partial charge on any atom is -0.483 e. The van der Waals surface area contributed by atoms with Gasteiger partial charge in [0.2, 0.25) is 0 Å². The number of Topliss-reactive ketones (excluding diaryl/α,β-unsaturated/α-hetero) is 1. The molecule has 1 N–H and O–H groups in total. The molecule has 2 aromatic rings. The summed E-state index contributed by atoms with van der Waals surface area (Å²) in [5.74, 6) is -0.0189. The Kier molecular flexibility index (Phi) is 6.77. The average molecular weight is 429 g/mol. The molecule has 0 heterocycles. The second-order valence-corrected chi connectivity index (χ2v) is 7.66. The zero-order valence-electron chi connectivity index (χ0n) is 17.3. The third-order valence-electron chi connectivity index (χ3n) is 5.24. The molecule has 1 atom stereocenters. The van der Waals surface area contributed by atoms with Crippen LogP contribution >= 0.6 is 11.6 Å². The number of hydrogen-bond acceptors (Lipinski definition) is 4. The van der Waals surface area contributed by atoms with Crippen LogP contribution in [0, 0.1) is 0 Å². The molecule has 3 rings (SSSR count). The quantitative estimate of drug-likeness (QED) is 0.703. The van der Waals surface area contributed by atoms with Gasteiger partial charge in [-0.05, 0) is 61.7 Å². The highest BCUT2D eigenvalue weighted by Crippen LogP contribution is 2.42. The second-order valence-electron chi connectivity index (χ2n) is 7.25. The van der Waals surface area contributed by atoms with E-state index in [0.29, 0.717) is 47.1 Å². The number of nitrogens with zero attached hydrogens (tertiary/aromatic N) is 1. The molecule has 0 bridgehead atoms. The van der Waals surface area contributed by atoms with Crippen molar-refractivity contribution in [3.8, 4) is 5.75 Å². The molecule has 0 aromatic heterocycles. The molecule has 0 spiro atoms. The molecular weight excluding hydrogens is 404 g/mol. The summed E-state index contributed by atoms with van der Waals surface area (Å²) >= 11 is 6.23. The standard InChI is InChI=1S/C23H25ClN2O4/c1-4-26(5-2)23(29)15-6-8-16(9-7-15)25-20(28)13-30-19-11-10-17(24)21-14(3)12-18(27)22(19)21/h6-11,14H,4-5,12-13H2,1-3H3,(H,25,28). The predicted octanol–water partition coefficient (Wildman–Crippen LogP) is 4.53. The normalized spacial score (nSPS) is 14.9. The van der Waals surface area contributed by atoms with Crippen LogP contribution in [0.25, 0.3) is 0 Å². The van der Waals surface area contributed by atoms with Crippen molar-refractivity contribution in [3.63, 3.8) is 0 Å². The first kappa shape index (κ1) is 21.8. The van der Waals surface area contributed by atoms with Gasteiger partial charge >= 0.3 is 0 Å². The first-order chi connectivity index (χ1) is 14.3. The first-order valence-corrected chi connectivity index (χ1v) is 10.4. The maximum Gasteiger partial charge on any atom is 0.262 e. The van der Waals surface area contributed by atoms with E-state index in [1.165, 1.54) is 0 Å². The van der Waals surface area contributed by atoms with E-state index in [9.17, 15) is 14.4 Å². The molecule has 30 heavy (non-hydrogen) atoms. The molecule has 0 radical (unpaired) electrons. The van der Waals surface area contributed by atoms with Crippen LogP contribution in [0.1, 0.15) is 59.4 Å². The molecule has 6 nitrogen and oxygen atoms in total. The largest absolute Gasteiger partial charge is 0.483 e. The minimum absolute atomic E-state index is 0.0242. The van der Waals surface area contributed by atoms with Gasteiger partial charge in [-0.25, -0.2) is 0 Å². The lowest BCUT2D eigenvalue weighted by Gasteiger charge is -2.18. The lowest BCUT2D eigenvalue weighted by molar-refractivity contribution is -0.118. The van der Waals surface area contributed by atoms with Crippen molar-refractivity contribution in [1.29, 1.82) is 0 Å². The molecule has 1 aliphatic carbocycles. The van der Waals surface area contributed by atoms with Gasteiger partial charge in [0.1, 0.15) is 5.75 Å². The fourth-order valence-electron chi connectivity index (χ4n) is 3.68. The Morgan fingerprint density at radius 2 is 1.80 bits per heavy atom. The van der Waals surface area contributed by atoms with Gasteiger partial charge in [0.15, 0.2) is 12.4 Å². The van der Waals surface area contributed by atoms with E-state index >= 15 is 0 Å². The van der Waals surface area contributed by atoms with Crippen LogP contribution < -0.4 is 10.1 Å². The van der Waals surface area contributed by atoms with Crippen LogP contribution in [0.3, 0.4) is 0 Å². The topological polar surface area (TPSA) is 75.7 Å². The third kappa shape index (κ3) is 4.49. The Hall–Kier alpha value is -2.86. The highest BCUT2D eigenvalue weighted by Gasteiger charge is 2.32. The lowest BCUT2D eigenvalue weighted by atomic mass is 10.0. The number of ether oxygens (including phenoxy) is 1. The van der Waals surface area contributed by atoms with Crippen LogP contribution in [0.15, 0.2) is 36.4 Å². The van der Waals surface area contributed by atoms with Crippen LogP contribution in [0.4, 0.5) is 5.69 Å². The first-order valence-electron chi connectivity index (χ1n) is 10.0. The molecule has 1 unspecified atom stereocenters. The van der Waals surface area contributed by atoms with Gasteiger partial charge in [0.25, 0.3) is 11.8 Å². The minimum atomic E-state index is -0.361. The van der Waals surface area contributed by atoms with Crippen LogP contribution in [0.2, 0.25) is 5.02 Å². The highest BCUT2D eigenvalue weighted by molar-refractivity contribution is 6.32. The van der Waals surface area contributed by atoms with Crippen molar-refractivity contribution in [2.45, 2.75) is 33.1 Å². The highest BCUT2D eigenvalue weighted by atomic mass is 35.5. The number of anilines is 1. The number of carbonyl (C=O) groups is 3. The second kappa shape index (κ2) is 9.30. The Morgan fingerprint density at radius 3 is 2.43 bits per heavy atom. The number of fused-ring (bicyclic) bond motifs is 1. The van der Waals surface area contributed by atoms with Gasteiger partial charge in [-0.2, -0.15) is 0 Å². The number of carbonyl (C=O) groups excluding carboxylic acids is 3. The average Bonchev–Trinajstić information content (AvgIpc) is 3.04. The van der Waals surface area contributed by atoms with Crippen LogP contribution in [-0.2, 0) is 4.79 Å². The zero-order valence-corrected chi connectivity index (χ0v) is 18.1. The molecule has 7 heteroatoms.